The Bertz CT molecular complexity index is 536. The van der Waals surface area contributed by atoms with E-state index in [1.165, 1.54) is 16.7 Å². The van der Waals surface area contributed by atoms with Gasteiger partial charge in [0.15, 0.2) is 0 Å². The minimum atomic E-state index is 0.285. The number of hydrogen-bond donors (Lipinski definition) is 1. The molecule has 2 heteroatoms. The van der Waals surface area contributed by atoms with E-state index in [1.54, 1.807) is 0 Å². The molecule has 2 aromatic carbocycles. The lowest BCUT2D eigenvalue weighted by Gasteiger charge is -2.17. The molecule has 1 N–H and O–H groups in total. The molecule has 1 unspecified atom stereocenters. The molecular formula is C17H21NO. The molecule has 0 fully saturated rings. The number of para-hydroxylation sites is 1. The molecule has 0 saturated carbocycles. The van der Waals surface area contributed by atoms with Crippen molar-refractivity contribution in [1.29, 1.82) is 0 Å². The highest BCUT2D eigenvalue weighted by atomic mass is 16.5. The third-order valence-corrected chi connectivity index (χ3v) is 3.46. The van der Waals surface area contributed by atoms with E-state index in [1.807, 2.05) is 31.3 Å². The quantitative estimate of drug-likeness (QED) is 0.876. The van der Waals surface area contributed by atoms with E-state index in [2.05, 4.69) is 43.4 Å². The molecule has 0 aromatic heterocycles. The number of ether oxygens (including phenoxy) is 1. The molecule has 0 radical (unpaired) electrons. The predicted molar refractivity (Wildman–Crippen MR) is 79.4 cm³/mol. The largest absolute Gasteiger partial charge is 0.489 e. The fourth-order valence-electron chi connectivity index (χ4n) is 2.05. The van der Waals surface area contributed by atoms with E-state index in [-0.39, 0.29) is 6.04 Å². The zero-order valence-corrected chi connectivity index (χ0v) is 11.8. The Kier molecular flexibility index (Phi) is 4.58. The molecule has 0 aliphatic heterocycles. The van der Waals surface area contributed by atoms with Gasteiger partial charge in [0.25, 0.3) is 0 Å². The molecule has 0 aliphatic carbocycles. The second-order valence-electron chi connectivity index (χ2n) is 4.76. The van der Waals surface area contributed by atoms with Crippen LogP contribution in [0.3, 0.4) is 0 Å². The minimum absolute atomic E-state index is 0.285. The number of benzene rings is 2. The van der Waals surface area contributed by atoms with Crippen LogP contribution in [0.1, 0.15) is 29.7 Å². The van der Waals surface area contributed by atoms with E-state index in [0.717, 1.165) is 5.75 Å². The highest BCUT2D eigenvalue weighted by Crippen LogP contribution is 2.25. The molecule has 0 saturated heterocycles. The molecule has 2 rings (SSSR count). The molecular weight excluding hydrogens is 234 g/mol. The van der Waals surface area contributed by atoms with Crippen LogP contribution in [-0.2, 0) is 6.61 Å². The van der Waals surface area contributed by atoms with Crippen molar-refractivity contribution in [1.82, 2.24) is 5.32 Å². The number of rotatable bonds is 5. The van der Waals surface area contributed by atoms with Crippen molar-refractivity contribution >= 4 is 0 Å². The average Bonchev–Trinajstić information content (AvgIpc) is 2.46. The van der Waals surface area contributed by atoms with Gasteiger partial charge >= 0.3 is 0 Å². The van der Waals surface area contributed by atoms with Crippen molar-refractivity contribution in [3.05, 3.63) is 65.2 Å². The van der Waals surface area contributed by atoms with Gasteiger partial charge in [0.2, 0.25) is 0 Å². The second kappa shape index (κ2) is 6.39. The van der Waals surface area contributed by atoms with Crippen LogP contribution in [0.2, 0.25) is 0 Å². The van der Waals surface area contributed by atoms with Crippen molar-refractivity contribution in [2.75, 3.05) is 7.05 Å². The number of aryl methyl sites for hydroxylation is 1. The van der Waals surface area contributed by atoms with Gasteiger partial charge < -0.3 is 10.1 Å². The van der Waals surface area contributed by atoms with Crippen LogP contribution in [0, 0.1) is 6.92 Å². The zero-order valence-electron chi connectivity index (χ0n) is 11.8. The van der Waals surface area contributed by atoms with Gasteiger partial charge in [-0.25, -0.2) is 0 Å². The fourth-order valence-corrected chi connectivity index (χ4v) is 2.05. The van der Waals surface area contributed by atoms with Crippen LogP contribution in [0.4, 0.5) is 0 Å². The maximum absolute atomic E-state index is 5.99. The van der Waals surface area contributed by atoms with E-state index < -0.39 is 0 Å². The number of nitrogens with one attached hydrogen (secondary N) is 1. The first kappa shape index (κ1) is 13.6. The summed E-state index contributed by atoms with van der Waals surface area (Å²) in [7, 11) is 1.96. The van der Waals surface area contributed by atoms with E-state index in [0.29, 0.717) is 6.61 Å². The normalized spacial score (nSPS) is 12.2. The first-order valence-electron chi connectivity index (χ1n) is 6.66. The summed E-state index contributed by atoms with van der Waals surface area (Å²) in [5.74, 6) is 0.951. The fraction of sp³-hybridized carbons (Fsp3) is 0.294. The van der Waals surface area contributed by atoms with Gasteiger partial charge in [-0.2, -0.15) is 0 Å². The zero-order chi connectivity index (χ0) is 13.7. The lowest BCUT2D eigenvalue weighted by Crippen LogP contribution is -2.13. The first-order chi connectivity index (χ1) is 9.22. The van der Waals surface area contributed by atoms with Gasteiger partial charge in [-0.3, -0.25) is 0 Å². The first-order valence-corrected chi connectivity index (χ1v) is 6.66. The molecule has 0 bridgehead atoms. The van der Waals surface area contributed by atoms with Gasteiger partial charge in [0, 0.05) is 11.6 Å². The van der Waals surface area contributed by atoms with Gasteiger partial charge in [-0.05, 0) is 38.1 Å². The van der Waals surface area contributed by atoms with Gasteiger partial charge in [0.05, 0.1) is 0 Å². The molecule has 19 heavy (non-hydrogen) atoms. The maximum Gasteiger partial charge on any atom is 0.124 e. The summed E-state index contributed by atoms with van der Waals surface area (Å²) in [6, 6.07) is 16.8. The van der Waals surface area contributed by atoms with Gasteiger partial charge in [-0.15, -0.1) is 0 Å². The monoisotopic (exact) mass is 255 g/mol. The van der Waals surface area contributed by atoms with Crippen molar-refractivity contribution in [3.63, 3.8) is 0 Å². The van der Waals surface area contributed by atoms with E-state index in [4.69, 9.17) is 4.74 Å². The topological polar surface area (TPSA) is 21.3 Å². The van der Waals surface area contributed by atoms with E-state index >= 15 is 0 Å². The van der Waals surface area contributed by atoms with Crippen molar-refractivity contribution in [2.24, 2.45) is 0 Å². The van der Waals surface area contributed by atoms with Crippen LogP contribution < -0.4 is 10.1 Å². The van der Waals surface area contributed by atoms with Crippen molar-refractivity contribution in [2.45, 2.75) is 26.5 Å². The highest BCUT2D eigenvalue weighted by molar-refractivity contribution is 5.36. The Balaban J connectivity index is 2.14. The second-order valence-corrected chi connectivity index (χ2v) is 4.76. The smallest absolute Gasteiger partial charge is 0.124 e. The highest BCUT2D eigenvalue weighted by Gasteiger charge is 2.09. The lowest BCUT2D eigenvalue weighted by atomic mass is 10.1. The molecule has 0 heterocycles. The molecule has 0 aliphatic rings. The van der Waals surface area contributed by atoms with Crippen molar-refractivity contribution in [3.8, 4) is 5.75 Å². The Morgan fingerprint density at radius 3 is 2.47 bits per heavy atom. The summed E-state index contributed by atoms with van der Waals surface area (Å²) < 4.78 is 5.99. The van der Waals surface area contributed by atoms with Crippen LogP contribution in [0.15, 0.2) is 48.5 Å². The third-order valence-electron chi connectivity index (χ3n) is 3.46. The molecule has 2 aromatic rings. The Hall–Kier alpha value is -1.80. The Morgan fingerprint density at radius 2 is 1.74 bits per heavy atom. The Morgan fingerprint density at radius 1 is 1.05 bits per heavy atom. The summed E-state index contributed by atoms with van der Waals surface area (Å²) in [5.41, 5.74) is 3.69. The van der Waals surface area contributed by atoms with Crippen LogP contribution in [0.5, 0.6) is 5.75 Å². The molecule has 0 spiro atoms. The average molecular weight is 255 g/mol. The lowest BCUT2D eigenvalue weighted by molar-refractivity contribution is 0.299. The SMILES string of the molecule is CNC(C)c1ccccc1OCc1ccccc1C. The molecule has 100 valence electrons. The van der Waals surface area contributed by atoms with Crippen molar-refractivity contribution < 1.29 is 4.74 Å². The van der Waals surface area contributed by atoms with E-state index in [9.17, 15) is 0 Å². The molecule has 1 atom stereocenters. The van der Waals surface area contributed by atoms with Gasteiger partial charge in [-0.1, -0.05) is 42.5 Å². The van der Waals surface area contributed by atoms with Crippen LogP contribution in [-0.4, -0.2) is 7.05 Å². The van der Waals surface area contributed by atoms with Crippen LogP contribution >= 0.6 is 0 Å². The molecule has 0 amide bonds. The third kappa shape index (κ3) is 3.36. The summed E-state index contributed by atoms with van der Waals surface area (Å²) in [6.07, 6.45) is 0. The standard InChI is InChI=1S/C17H21NO/c1-13-8-4-5-9-15(13)12-19-17-11-7-6-10-16(17)14(2)18-3/h4-11,14,18H,12H2,1-3H3. The summed E-state index contributed by atoms with van der Waals surface area (Å²) in [6.45, 7) is 4.86. The summed E-state index contributed by atoms with van der Waals surface area (Å²) >= 11 is 0. The van der Waals surface area contributed by atoms with Gasteiger partial charge in [0.1, 0.15) is 12.4 Å². The summed E-state index contributed by atoms with van der Waals surface area (Å²) in [5, 5.41) is 3.25. The summed E-state index contributed by atoms with van der Waals surface area (Å²) in [4.78, 5) is 0. The minimum Gasteiger partial charge on any atom is -0.489 e. The predicted octanol–water partition coefficient (Wildman–Crippen LogP) is 3.85. The number of hydrogen-bond acceptors (Lipinski definition) is 2. The molecule has 2 nitrogen and oxygen atoms in total. The van der Waals surface area contributed by atoms with Crippen LogP contribution in [0.25, 0.3) is 0 Å². The maximum atomic E-state index is 5.99. The Labute approximate surface area is 115 Å².